The van der Waals surface area contributed by atoms with E-state index in [9.17, 15) is 8.42 Å². The highest BCUT2D eigenvalue weighted by Crippen LogP contribution is 2.33. The molecule has 1 aliphatic heterocycles. The van der Waals surface area contributed by atoms with Gasteiger partial charge >= 0.3 is 0 Å². The first-order valence-electron chi connectivity index (χ1n) is 9.70. The van der Waals surface area contributed by atoms with Gasteiger partial charge in [0.15, 0.2) is 14.9 Å². The van der Waals surface area contributed by atoms with Gasteiger partial charge in [-0.15, -0.1) is 0 Å². The number of aromatic nitrogens is 2. The van der Waals surface area contributed by atoms with Crippen LogP contribution in [0.25, 0.3) is 21.9 Å². The summed E-state index contributed by atoms with van der Waals surface area (Å²) in [5.74, 6) is 0. The van der Waals surface area contributed by atoms with Crippen molar-refractivity contribution >= 4 is 20.6 Å². The Morgan fingerprint density at radius 1 is 1.03 bits per heavy atom. The van der Waals surface area contributed by atoms with Crippen molar-refractivity contribution in [3.8, 4) is 11.1 Å². The molecule has 1 aromatic carbocycles. The molecule has 6 nitrogen and oxygen atoms in total. The third-order valence-electron chi connectivity index (χ3n) is 5.47. The molecule has 0 atom stereocenters. The van der Waals surface area contributed by atoms with E-state index in [0.29, 0.717) is 12.6 Å². The molecule has 5 rings (SSSR count). The van der Waals surface area contributed by atoms with Gasteiger partial charge in [-0.25, -0.2) is 13.4 Å². The predicted octanol–water partition coefficient (Wildman–Crippen LogP) is 3.41. The van der Waals surface area contributed by atoms with Crippen molar-refractivity contribution in [3.63, 3.8) is 0 Å². The maximum atomic E-state index is 11.8. The minimum atomic E-state index is -3.33. The highest BCUT2D eigenvalue weighted by atomic mass is 32.2. The maximum absolute atomic E-state index is 11.8. The average Bonchev–Trinajstić information content (AvgIpc) is 3.46. The molecule has 148 valence electrons. The smallest absolute Gasteiger partial charge is 0.192 e. The molecule has 0 amide bonds. The molecule has 3 heterocycles. The van der Waals surface area contributed by atoms with Crippen LogP contribution >= 0.6 is 0 Å². The van der Waals surface area contributed by atoms with Gasteiger partial charge in [-0.2, -0.15) is 0 Å². The van der Waals surface area contributed by atoms with E-state index in [0.717, 1.165) is 34.3 Å². The summed E-state index contributed by atoms with van der Waals surface area (Å²) in [4.78, 5) is 13.6. The van der Waals surface area contributed by atoms with Gasteiger partial charge in [0.05, 0.1) is 18.9 Å². The van der Waals surface area contributed by atoms with Crippen molar-refractivity contribution in [2.75, 3.05) is 12.9 Å². The Morgan fingerprint density at radius 3 is 2.59 bits per heavy atom. The van der Waals surface area contributed by atoms with Crippen LogP contribution < -0.4 is 0 Å². The first-order valence-corrected chi connectivity index (χ1v) is 11.6. The molecular formula is C22H22N4O2S. The lowest BCUT2D eigenvalue weighted by Crippen LogP contribution is -2.26. The zero-order chi connectivity index (χ0) is 20.0. The number of rotatable bonds is 5. The monoisotopic (exact) mass is 406 g/mol. The third kappa shape index (κ3) is 3.58. The fraction of sp³-hybridized carbons (Fsp3) is 0.273. The molecular weight excluding hydrogens is 384 g/mol. The summed E-state index contributed by atoms with van der Waals surface area (Å²) in [6.45, 7) is 1.57. The summed E-state index contributed by atoms with van der Waals surface area (Å²) in [6, 6.07) is 12.2. The van der Waals surface area contributed by atoms with Gasteiger partial charge in [0.1, 0.15) is 0 Å². The first kappa shape index (κ1) is 18.1. The lowest BCUT2D eigenvalue weighted by molar-refractivity contribution is 0.252. The fourth-order valence-electron chi connectivity index (χ4n) is 3.82. The number of hydrogen-bond acceptors (Lipinski definition) is 6. The van der Waals surface area contributed by atoms with Crippen molar-refractivity contribution in [1.29, 1.82) is 0 Å². The Kier molecular flexibility index (Phi) is 4.28. The minimum Gasteiger partial charge on any atom is -0.356 e. The lowest BCUT2D eigenvalue weighted by atomic mass is 9.98. The molecule has 1 fully saturated rings. The van der Waals surface area contributed by atoms with E-state index in [1.807, 2.05) is 30.5 Å². The summed E-state index contributed by atoms with van der Waals surface area (Å²) < 4.78 is 23.6. The summed E-state index contributed by atoms with van der Waals surface area (Å²) >= 11 is 0. The zero-order valence-corrected chi connectivity index (χ0v) is 17.0. The Morgan fingerprint density at radius 2 is 1.86 bits per heavy atom. The molecule has 0 unspecified atom stereocenters. The van der Waals surface area contributed by atoms with E-state index in [1.54, 1.807) is 12.3 Å². The van der Waals surface area contributed by atoms with Gasteiger partial charge in [0.2, 0.25) is 0 Å². The Balaban J connectivity index is 1.55. The van der Waals surface area contributed by atoms with Crippen LogP contribution in [0.5, 0.6) is 0 Å². The molecule has 1 aliphatic carbocycles. The number of hydrogen-bond donors (Lipinski definition) is 0. The maximum Gasteiger partial charge on any atom is 0.192 e. The van der Waals surface area contributed by atoms with Crippen LogP contribution in [-0.4, -0.2) is 47.2 Å². The van der Waals surface area contributed by atoms with Crippen molar-refractivity contribution in [3.05, 3.63) is 66.9 Å². The van der Waals surface area contributed by atoms with E-state index in [2.05, 4.69) is 33.3 Å². The summed E-state index contributed by atoms with van der Waals surface area (Å²) in [6.07, 6.45) is 11.6. The van der Waals surface area contributed by atoms with Crippen LogP contribution in [-0.2, 0) is 16.4 Å². The van der Waals surface area contributed by atoms with Gasteiger partial charge in [-0.1, -0.05) is 24.3 Å². The van der Waals surface area contributed by atoms with E-state index in [4.69, 9.17) is 4.98 Å². The average molecular weight is 407 g/mol. The Hall–Kier alpha value is -2.93. The number of fused-ring (bicyclic) bond motifs is 1. The van der Waals surface area contributed by atoms with Crippen molar-refractivity contribution in [2.45, 2.75) is 30.5 Å². The van der Waals surface area contributed by atoms with E-state index < -0.39 is 9.84 Å². The van der Waals surface area contributed by atoms with Gasteiger partial charge in [0, 0.05) is 53.6 Å². The SMILES string of the molecule is CS(=O)(=O)c1ccc(-c2c(CN3C=CN(C4CC4)C3)ncc3ccccc23)cn1. The van der Waals surface area contributed by atoms with Gasteiger partial charge in [-0.3, -0.25) is 4.98 Å². The molecule has 0 spiro atoms. The third-order valence-corrected chi connectivity index (χ3v) is 6.47. The summed E-state index contributed by atoms with van der Waals surface area (Å²) in [7, 11) is -3.33. The van der Waals surface area contributed by atoms with E-state index >= 15 is 0 Å². The van der Waals surface area contributed by atoms with Crippen LogP contribution in [0.2, 0.25) is 0 Å². The van der Waals surface area contributed by atoms with Crippen molar-refractivity contribution in [1.82, 2.24) is 19.8 Å². The van der Waals surface area contributed by atoms with Crippen LogP contribution in [0.15, 0.2) is 66.2 Å². The zero-order valence-electron chi connectivity index (χ0n) is 16.2. The number of pyridine rings is 2. The minimum absolute atomic E-state index is 0.0820. The van der Waals surface area contributed by atoms with Gasteiger partial charge in [-0.05, 0) is 30.4 Å². The molecule has 0 N–H and O–H groups in total. The number of nitrogens with zero attached hydrogens (tertiary/aromatic N) is 4. The second-order valence-electron chi connectivity index (χ2n) is 7.76. The molecule has 0 bridgehead atoms. The molecule has 0 saturated heterocycles. The predicted molar refractivity (Wildman–Crippen MR) is 112 cm³/mol. The lowest BCUT2D eigenvalue weighted by Gasteiger charge is -2.22. The molecule has 7 heteroatoms. The van der Waals surface area contributed by atoms with Crippen LogP contribution in [0.4, 0.5) is 0 Å². The molecule has 3 aromatic rings. The van der Waals surface area contributed by atoms with Gasteiger partial charge in [0.25, 0.3) is 0 Å². The number of benzene rings is 1. The van der Waals surface area contributed by atoms with E-state index in [-0.39, 0.29) is 5.03 Å². The topological polar surface area (TPSA) is 66.4 Å². The second kappa shape index (κ2) is 6.84. The summed E-state index contributed by atoms with van der Waals surface area (Å²) in [5.41, 5.74) is 2.84. The molecule has 1 saturated carbocycles. The molecule has 29 heavy (non-hydrogen) atoms. The number of sulfone groups is 1. The second-order valence-corrected chi connectivity index (χ2v) is 9.72. The van der Waals surface area contributed by atoms with E-state index in [1.165, 1.54) is 19.1 Å². The van der Waals surface area contributed by atoms with Crippen LogP contribution in [0.3, 0.4) is 0 Å². The Labute approximate surface area is 170 Å². The van der Waals surface area contributed by atoms with Crippen LogP contribution in [0, 0.1) is 0 Å². The highest BCUT2D eigenvalue weighted by molar-refractivity contribution is 7.90. The highest BCUT2D eigenvalue weighted by Gasteiger charge is 2.30. The van der Waals surface area contributed by atoms with Crippen LogP contribution in [0.1, 0.15) is 18.5 Å². The normalized spacial score (nSPS) is 16.7. The Bertz CT molecular complexity index is 1200. The van der Waals surface area contributed by atoms with Crippen molar-refractivity contribution < 1.29 is 8.42 Å². The summed E-state index contributed by atoms with van der Waals surface area (Å²) in [5, 5.41) is 2.22. The molecule has 0 radical (unpaired) electrons. The molecule has 2 aliphatic rings. The van der Waals surface area contributed by atoms with Gasteiger partial charge < -0.3 is 9.80 Å². The largest absolute Gasteiger partial charge is 0.356 e. The van der Waals surface area contributed by atoms with Crippen molar-refractivity contribution in [2.24, 2.45) is 0 Å². The first-order chi connectivity index (χ1) is 14.0. The fourth-order valence-corrected chi connectivity index (χ4v) is 4.38. The molecule has 2 aromatic heterocycles. The quantitative estimate of drug-likeness (QED) is 0.647. The standard InChI is InChI=1S/C22H22N4O2S/c1-29(27,28)21-9-6-17(13-24-21)22-19-5-3-2-4-16(19)12-23-20(22)14-25-10-11-26(15-25)18-7-8-18/h2-6,9-13,18H,7-8,14-15H2,1H3.